The van der Waals surface area contributed by atoms with Crippen molar-refractivity contribution in [2.75, 3.05) is 18.5 Å². The van der Waals surface area contributed by atoms with Crippen molar-refractivity contribution in [3.63, 3.8) is 0 Å². The molecule has 0 radical (unpaired) electrons. The van der Waals surface area contributed by atoms with Crippen LogP contribution in [0.3, 0.4) is 0 Å². The average Bonchev–Trinajstić information content (AvgIpc) is 2.53. The lowest BCUT2D eigenvalue weighted by molar-refractivity contribution is 0.308. The van der Waals surface area contributed by atoms with E-state index in [1.54, 1.807) is 0 Å². The van der Waals surface area contributed by atoms with Crippen molar-refractivity contribution in [3.8, 4) is 5.75 Å². The van der Waals surface area contributed by atoms with E-state index in [0.717, 1.165) is 38.2 Å². The molecular formula is C20H27NO. The van der Waals surface area contributed by atoms with Gasteiger partial charge in [-0.2, -0.15) is 0 Å². The molecular weight excluding hydrogens is 270 g/mol. The van der Waals surface area contributed by atoms with Crippen molar-refractivity contribution in [3.05, 3.63) is 59.2 Å². The Labute approximate surface area is 134 Å². The summed E-state index contributed by atoms with van der Waals surface area (Å²) < 4.78 is 5.75. The van der Waals surface area contributed by atoms with Gasteiger partial charge in [0.15, 0.2) is 0 Å². The molecule has 0 fully saturated rings. The van der Waals surface area contributed by atoms with Gasteiger partial charge in [0.05, 0.1) is 6.61 Å². The first-order chi connectivity index (χ1) is 10.7. The van der Waals surface area contributed by atoms with Gasteiger partial charge in [-0.1, -0.05) is 42.8 Å². The number of benzene rings is 2. The van der Waals surface area contributed by atoms with E-state index in [1.807, 2.05) is 12.1 Å². The van der Waals surface area contributed by atoms with E-state index in [2.05, 4.69) is 56.4 Å². The van der Waals surface area contributed by atoms with Crippen LogP contribution in [-0.2, 0) is 6.42 Å². The molecule has 2 nitrogen and oxygen atoms in total. The molecule has 2 heteroatoms. The molecule has 0 spiro atoms. The number of ether oxygens (including phenoxy) is 1. The van der Waals surface area contributed by atoms with Gasteiger partial charge in [-0.05, 0) is 56.4 Å². The molecule has 2 aromatic rings. The number of nitrogens with one attached hydrogen (secondary N) is 1. The van der Waals surface area contributed by atoms with Gasteiger partial charge in [0.2, 0.25) is 0 Å². The minimum atomic E-state index is 0.777. The van der Waals surface area contributed by atoms with Crippen LogP contribution in [-0.4, -0.2) is 13.2 Å². The fraction of sp³-hybridized carbons (Fsp3) is 0.400. The predicted octanol–water partition coefficient (Wildman–Crippen LogP) is 5.14. The highest BCUT2D eigenvalue weighted by Gasteiger charge is 2.02. The van der Waals surface area contributed by atoms with Crippen LogP contribution >= 0.6 is 0 Å². The molecule has 1 N–H and O–H groups in total. The summed E-state index contributed by atoms with van der Waals surface area (Å²) in [5.41, 5.74) is 5.30. The Morgan fingerprint density at radius 1 is 0.955 bits per heavy atom. The third kappa shape index (κ3) is 4.80. The van der Waals surface area contributed by atoms with Crippen LogP contribution in [0.15, 0.2) is 42.5 Å². The molecule has 0 heterocycles. The van der Waals surface area contributed by atoms with Crippen molar-refractivity contribution in [2.45, 2.75) is 40.0 Å². The molecule has 0 aliphatic heterocycles. The standard InChI is InChI=1S/C20H27NO/c1-4-18-9-7-8-17(3)20(18)21-14-5-6-15-22-19-12-10-16(2)11-13-19/h7-13,21H,4-6,14-15H2,1-3H3. The molecule has 0 aromatic heterocycles. The summed E-state index contributed by atoms with van der Waals surface area (Å²) in [5.74, 6) is 0.964. The second kappa shape index (κ2) is 8.47. The van der Waals surface area contributed by atoms with E-state index in [4.69, 9.17) is 4.74 Å². The summed E-state index contributed by atoms with van der Waals surface area (Å²) in [6, 6.07) is 14.7. The zero-order valence-corrected chi connectivity index (χ0v) is 14.0. The predicted molar refractivity (Wildman–Crippen MR) is 95.0 cm³/mol. The molecule has 0 saturated heterocycles. The lowest BCUT2D eigenvalue weighted by Crippen LogP contribution is -2.07. The van der Waals surface area contributed by atoms with Crippen molar-refractivity contribution < 1.29 is 4.74 Å². The fourth-order valence-electron chi connectivity index (χ4n) is 2.54. The number of aryl methyl sites for hydroxylation is 3. The lowest BCUT2D eigenvalue weighted by Gasteiger charge is -2.14. The topological polar surface area (TPSA) is 21.3 Å². The minimum absolute atomic E-state index is 0.777. The highest BCUT2D eigenvalue weighted by molar-refractivity contribution is 5.57. The third-order valence-electron chi connectivity index (χ3n) is 3.90. The largest absolute Gasteiger partial charge is 0.494 e. The highest BCUT2D eigenvalue weighted by atomic mass is 16.5. The number of hydrogen-bond acceptors (Lipinski definition) is 2. The normalized spacial score (nSPS) is 10.5. The molecule has 0 aliphatic carbocycles. The van der Waals surface area contributed by atoms with Crippen LogP contribution in [0, 0.1) is 13.8 Å². The Morgan fingerprint density at radius 3 is 2.45 bits per heavy atom. The van der Waals surface area contributed by atoms with Gasteiger partial charge in [0, 0.05) is 12.2 Å². The van der Waals surface area contributed by atoms with E-state index < -0.39 is 0 Å². The Morgan fingerprint density at radius 2 is 1.73 bits per heavy atom. The number of unbranched alkanes of at least 4 members (excludes halogenated alkanes) is 1. The van der Waals surface area contributed by atoms with Gasteiger partial charge in [0.25, 0.3) is 0 Å². The highest BCUT2D eigenvalue weighted by Crippen LogP contribution is 2.21. The number of rotatable bonds is 8. The van der Waals surface area contributed by atoms with Crippen LogP contribution in [0.25, 0.3) is 0 Å². The Hall–Kier alpha value is -1.96. The molecule has 0 saturated carbocycles. The summed E-state index contributed by atoms with van der Waals surface area (Å²) in [7, 11) is 0. The molecule has 2 rings (SSSR count). The zero-order valence-electron chi connectivity index (χ0n) is 14.0. The molecule has 0 amide bonds. The average molecular weight is 297 g/mol. The van der Waals surface area contributed by atoms with Gasteiger partial charge < -0.3 is 10.1 Å². The van der Waals surface area contributed by atoms with Crippen LogP contribution in [0.4, 0.5) is 5.69 Å². The van der Waals surface area contributed by atoms with Crippen molar-refractivity contribution in [2.24, 2.45) is 0 Å². The van der Waals surface area contributed by atoms with Crippen LogP contribution in [0.1, 0.15) is 36.5 Å². The van der Waals surface area contributed by atoms with Gasteiger partial charge in [-0.3, -0.25) is 0 Å². The van der Waals surface area contributed by atoms with E-state index >= 15 is 0 Å². The maximum atomic E-state index is 5.75. The molecule has 0 bridgehead atoms. The minimum Gasteiger partial charge on any atom is -0.494 e. The van der Waals surface area contributed by atoms with Crippen LogP contribution < -0.4 is 10.1 Å². The number of hydrogen-bond donors (Lipinski definition) is 1. The number of para-hydroxylation sites is 1. The Balaban J connectivity index is 1.68. The SMILES string of the molecule is CCc1cccc(C)c1NCCCCOc1ccc(C)cc1. The second-order valence-corrected chi connectivity index (χ2v) is 5.76. The molecule has 22 heavy (non-hydrogen) atoms. The lowest BCUT2D eigenvalue weighted by atomic mass is 10.1. The van der Waals surface area contributed by atoms with E-state index in [0.29, 0.717) is 0 Å². The summed E-state index contributed by atoms with van der Waals surface area (Å²) in [5, 5.41) is 3.58. The number of anilines is 1. The first kappa shape index (κ1) is 16.4. The Bertz CT molecular complexity index is 575. The van der Waals surface area contributed by atoms with Crippen molar-refractivity contribution >= 4 is 5.69 Å². The van der Waals surface area contributed by atoms with E-state index in [9.17, 15) is 0 Å². The molecule has 2 aromatic carbocycles. The van der Waals surface area contributed by atoms with Gasteiger partial charge in [0.1, 0.15) is 5.75 Å². The second-order valence-electron chi connectivity index (χ2n) is 5.76. The van der Waals surface area contributed by atoms with Gasteiger partial charge in [-0.15, -0.1) is 0 Å². The van der Waals surface area contributed by atoms with Crippen LogP contribution in [0.2, 0.25) is 0 Å². The van der Waals surface area contributed by atoms with Crippen molar-refractivity contribution in [1.82, 2.24) is 0 Å². The summed E-state index contributed by atoms with van der Waals surface area (Å²) in [6.45, 7) is 8.23. The zero-order chi connectivity index (χ0) is 15.8. The molecule has 0 atom stereocenters. The quantitative estimate of drug-likeness (QED) is 0.681. The van der Waals surface area contributed by atoms with E-state index in [1.165, 1.54) is 22.4 Å². The van der Waals surface area contributed by atoms with Crippen molar-refractivity contribution in [1.29, 1.82) is 0 Å². The first-order valence-corrected chi connectivity index (χ1v) is 8.22. The monoisotopic (exact) mass is 297 g/mol. The Kier molecular flexibility index (Phi) is 6.32. The van der Waals surface area contributed by atoms with Gasteiger partial charge >= 0.3 is 0 Å². The first-order valence-electron chi connectivity index (χ1n) is 8.22. The third-order valence-corrected chi connectivity index (χ3v) is 3.90. The fourth-order valence-corrected chi connectivity index (χ4v) is 2.54. The molecule has 0 unspecified atom stereocenters. The molecule has 0 aliphatic rings. The maximum absolute atomic E-state index is 5.75. The smallest absolute Gasteiger partial charge is 0.119 e. The summed E-state index contributed by atoms with van der Waals surface area (Å²) in [6.07, 6.45) is 3.25. The molecule has 118 valence electrons. The van der Waals surface area contributed by atoms with Gasteiger partial charge in [-0.25, -0.2) is 0 Å². The van der Waals surface area contributed by atoms with Crippen LogP contribution in [0.5, 0.6) is 5.75 Å². The summed E-state index contributed by atoms with van der Waals surface area (Å²) >= 11 is 0. The maximum Gasteiger partial charge on any atom is 0.119 e. The summed E-state index contributed by atoms with van der Waals surface area (Å²) in [4.78, 5) is 0. The van der Waals surface area contributed by atoms with E-state index in [-0.39, 0.29) is 0 Å².